The van der Waals surface area contributed by atoms with E-state index in [1.54, 1.807) is 18.2 Å². The van der Waals surface area contributed by atoms with E-state index in [0.29, 0.717) is 35.7 Å². The number of aromatic carboxylic acids is 1. The maximum atomic E-state index is 11.4. The van der Waals surface area contributed by atoms with Gasteiger partial charge in [-0.2, -0.15) is 12.6 Å². The lowest BCUT2D eigenvalue weighted by Gasteiger charge is -2.14. The Morgan fingerprint density at radius 3 is 2.36 bits per heavy atom. The number of ether oxygens (including phenoxy) is 1. The lowest BCUT2D eigenvalue weighted by Crippen LogP contribution is -2.17. The van der Waals surface area contributed by atoms with Crippen molar-refractivity contribution >= 4 is 24.6 Å². The van der Waals surface area contributed by atoms with Crippen LogP contribution in [0, 0.1) is 5.92 Å². The Morgan fingerprint density at radius 1 is 1.04 bits per heavy atom. The number of carbonyl (C=O) groups is 2. The topological polar surface area (TPSA) is 83.8 Å². The Bertz CT molecular complexity index is 730. The Hall–Kier alpha value is -2.47. The number of hydrogen-bond donors (Lipinski definition) is 3. The number of carboxylic acids is 2. The second-order valence-electron chi connectivity index (χ2n) is 5.69. The van der Waals surface area contributed by atoms with Crippen molar-refractivity contribution in [3.63, 3.8) is 0 Å². The predicted molar refractivity (Wildman–Crippen MR) is 97.8 cm³/mol. The lowest BCUT2D eigenvalue weighted by molar-refractivity contribution is -0.141. The van der Waals surface area contributed by atoms with Crippen LogP contribution < -0.4 is 4.74 Å². The molecular weight excluding hydrogens is 340 g/mol. The first kappa shape index (κ1) is 18.9. The van der Waals surface area contributed by atoms with Crippen molar-refractivity contribution in [1.29, 1.82) is 0 Å². The molecule has 1 atom stereocenters. The van der Waals surface area contributed by atoms with Gasteiger partial charge in [-0.25, -0.2) is 4.79 Å². The first-order valence-electron chi connectivity index (χ1n) is 7.93. The van der Waals surface area contributed by atoms with Gasteiger partial charge in [0.15, 0.2) is 0 Å². The third-order valence-corrected chi connectivity index (χ3v) is 4.05. The van der Waals surface area contributed by atoms with Crippen molar-refractivity contribution in [3.8, 4) is 11.5 Å². The monoisotopic (exact) mass is 360 g/mol. The third kappa shape index (κ3) is 5.83. The van der Waals surface area contributed by atoms with Gasteiger partial charge in [0.2, 0.25) is 0 Å². The second-order valence-corrected chi connectivity index (χ2v) is 6.14. The van der Waals surface area contributed by atoms with Crippen LogP contribution in [-0.4, -0.2) is 27.9 Å². The zero-order valence-corrected chi connectivity index (χ0v) is 14.5. The SMILES string of the molecule is O=C(O)c1cc(CC(CCCS)C(=O)O)cc(Oc2ccccc2)c1. The van der Waals surface area contributed by atoms with Crippen molar-refractivity contribution in [1.82, 2.24) is 0 Å². The van der Waals surface area contributed by atoms with Gasteiger partial charge < -0.3 is 14.9 Å². The summed E-state index contributed by atoms with van der Waals surface area (Å²) in [6.45, 7) is 0. The van der Waals surface area contributed by atoms with E-state index in [1.807, 2.05) is 18.2 Å². The molecule has 2 N–H and O–H groups in total. The lowest BCUT2D eigenvalue weighted by atomic mass is 9.94. The molecule has 0 aliphatic carbocycles. The highest BCUT2D eigenvalue weighted by Gasteiger charge is 2.19. The molecule has 0 aliphatic rings. The summed E-state index contributed by atoms with van der Waals surface area (Å²) in [5.74, 6) is -0.988. The van der Waals surface area contributed by atoms with Crippen LogP contribution in [0.1, 0.15) is 28.8 Å². The molecule has 2 rings (SSSR count). The highest BCUT2D eigenvalue weighted by Crippen LogP contribution is 2.26. The van der Waals surface area contributed by atoms with E-state index in [9.17, 15) is 19.8 Å². The summed E-state index contributed by atoms with van der Waals surface area (Å²) in [5.41, 5.74) is 0.694. The fourth-order valence-electron chi connectivity index (χ4n) is 2.52. The Kier molecular flexibility index (Phi) is 6.89. The van der Waals surface area contributed by atoms with Crippen molar-refractivity contribution < 1.29 is 24.5 Å². The van der Waals surface area contributed by atoms with Crippen LogP contribution in [0.25, 0.3) is 0 Å². The molecule has 5 nitrogen and oxygen atoms in total. The largest absolute Gasteiger partial charge is 0.481 e. The van der Waals surface area contributed by atoms with Crippen LogP contribution in [0.4, 0.5) is 0 Å². The number of hydrogen-bond acceptors (Lipinski definition) is 4. The molecule has 0 bridgehead atoms. The molecular formula is C19H20O5S. The van der Waals surface area contributed by atoms with Gasteiger partial charge in [-0.15, -0.1) is 0 Å². The van der Waals surface area contributed by atoms with Crippen LogP contribution in [0.5, 0.6) is 11.5 Å². The fraction of sp³-hybridized carbons (Fsp3) is 0.263. The molecule has 25 heavy (non-hydrogen) atoms. The smallest absolute Gasteiger partial charge is 0.335 e. The van der Waals surface area contributed by atoms with Gasteiger partial charge in [-0.1, -0.05) is 18.2 Å². The Labute approximate surface area is 151 Å². The van der Waals surface area contributed by atoms with Crippen molar-refractivity contribution in [2.45, 2.75) is 19.3 Å². The third-order valence-electron chi connectivity index (χ3n) is 3.73. The van der Waals surface area contributed by atoms with Crippen LogP contribution in [0.3, 0.4) is 0 Å². The van der Waals surface area contributed by atoms with Crippen LogP contribution in [0.15, 0.2) is 48.5 Å². The molecule has 0 heterocycles. The first-order chi connectivity index (χ1) is 12.0. The van der Waals surface area contributed by atoms with E-state index in [2.05, 4.69) is 12.6 Å². The standard InChI is InChI=1S/C19H20O5S/c20-18(21)14(5-4-8-25)9-13-10-15(19(22)23)12-17(11-13)24-16-6-2-1-3-7-16/h1-3,6-7,10-12,14,25H,4-5,8-9H2,(H,20,21)(H,22,23). The summed E-state index contributed by atoms with van der Waals surface area (Å²) in [6, 6.07) is 13.6. The molecule has 0 radical (unpaired) electrons. The number of thiol groups is 1. The zero-order chi connectivity index (χ0) is 18.2. The molecule has 0 saturated carbocycles. The normalized spacial score (nSPS) is 11.7. The molecule has 0 aromatic heterocycles. The quantitative estimate of drug-likeness (QED) is 0.586. The fourth-order valence-corrected chi connectivity index (χ4v) is 2.70. The number of rotatable bonds is 9. The number of para-hydroxylation sites is 1. The Balaban J connectivity index is 2.27. The molecule has 0 aliphatic heterocycles. The van der Waals surface area contributed by atoms with Crippen molar-refractivity contribution in [2.75, 3.05) is 5.75 Å². The molecule has 6 heteroatoms. The van der Waals surface area contributed by atoms with E-state index in [4.69, 9.17) is 4.74 Å². The molecule has 0 spiro atoms. The molecule has 2 aromatic rings. The van der Waals surface area contributed by atoms with E-state index in [0.717, 1.165) is 0 Å². The maximum Gasteiger partial charge on any atom is 0.335 e. The molecule has 1 unspecified atom stereocenters. The van der Waals surface area contributed by atoms with Crippen LogP contribution >= 0.6 is 12.6 Å². The second kappa shape index (κ2) is 9.13. The molecule has 0 amide bonds. The van der Waals surface area contributed by atoms with Gasteiger partial charge in [0.1, 0.15) is 11.5 Å². The summed E-state index contributed by atoms with van der Waals surface area (Å²) >= 11 is 4.11. The van der Waals surface area contributed by atoms with Crippen molar-refractivity contribution in [2.24, 2.45) is 5.92 Å². The minimum absolute atomic E-state index is 0.0711. The van der Waals surface area contributed by atoms with Crippen LogP contribution in [0.2, 0.25) is 0 Å². The van der Waals surface area contributed by atoms with Gasteiger partial charge in [-0.3, -0.25) is 4.79 Å². The zero-order valence-electron chi connectivity index (χ0n) is 13.6. The average Bonchev–Trinajstić information content (AvgIpc) is 2.59. The number of carboxylic acid groups (broad SMARTS) is 2. The minimum Gasteiger partial charge on any atom is -0.481 e. The van der Waals surface area contributed by atoms with Crippen LogP contribution in [-0.2, 0) is 11.2 Å². The summed E-state index contributed by atoms with van der Waals surface area (Å²) in [6.07, 6.45) is 1.42. The molecule has 0 saturated heterocycles. The van der Waals surface area contributed by atoms with Gasteiger partial charge in [-0.05, 0) is 60.9 Å². The predicted octanol–water partition coefficient (Wildman–Crippen LogP) is 4.13. The summed E-state index contributed by atoms with van der Waals surface area (Å²) in [5, 5.41) is 18.7. The highest BCUT2D eigenvalue weighted by atomic mass is 32.1. The van der Waals surface area contributed by atoms with Gasteiger partial charge >= 0.3 is 11.9 Å². The van der Waals surface area contributed by atoms with E-state index < -0.39 is 17.9 Å². The summed E-state index contributed by atoms with van der Waals surface area (Å²) < 4.78 is 5.71. The molecule has 2 aromatic carbocycles. The minimum atomic E-state index is -1.08. The maximum absolute atomic E-state index is 11.4. The average molecular weight is 360 g/mol. The summed E-state index contributed by atoms with van der Waals surface area (Å²) in [7, 11) is 0. The first-order valence-corrected chi connectivity index (χ1v) is 8.56. The number of aliphatic carboxylic acids is 1. The molecule has 0 fully saturated rings. The summed E-state index contributed by atoms with van der Waals surface area (Å²) in [4.78, 5) is 22.8. The van der Waals surface area contributed by atoms with Gasteiger partial charge in [0.05, 0.1) is 11.5 Å². The van der Waals surface area contributed by atoms with Gasteiger partial charge in [0.25, 0.3) is 0 Å². The Morgan fingerprint density at radius 2 is 1.76 bits per heavy atom. The number of benzene rings is 2. The van der Waals surface area contributed by atoms with E-state index >= 15 is 0 Å². The molecule has 132 valence electrons. The van der Waals surface area contributed by atoms with E-state index in [-0.39, 0.29) is 12.0 Å². The van der Waals surface area contributed by atoms with E-state index in [1.165, 1.54) is 12.1 Å². The highest BCUT2D eigenvalue weighted by molar-refractivity contribution is 7.80. The van der Waals surface area contributed by atoms with Crippen molar-refractivity contribution in [3.05, 3.63) is 59.7 Å². The van der Waals surface area contributed by atoms with Gasteiger partial charge in [0, 0.05) is 0 Å².